The molecule has 1 aliphatic heterocycles. The number of sulfone groups is 1. The molecule has 2 aromatic heterocycles. The van der Waals surface area contributed by atoms with Crippen molar-refractivity contribution in [2.24, 2.45) is 0 Å². The Morgan fingerprint density at radius 2 is 2.17 bits per heavy atom. The topological polar surface area (TPSA) is 84.6 Å². The van der Waals surface area contributed by atoms with Crippen LogP contribution in [0.1, 0.15) is 35.1 Å². The van der Waals surface area contributed by atoms with Crippen molar-refractivity contribution in [2.45, 2.75) is 33.2 Å². The first-order chi connectivity index (χ1) is 10.8. The molecule has 3 heterocycles. The average molecular weight is 336 g/mol. The van der Waals surface area contributed by atoms with Crippen LogP contribution in [0.15, 0.2) is 12.3 Å². The SMILES string of the molecule is CCN(C(=O)c1cnn2c(C)cc(C)nc12)C1CCS(=O)(=O)C1. The molecule has 23 heavy (non-hydrogen) atoms. The number of aryl methyl sites for hydroxylation is 2. The normalized spacial score (nSPS) is 20.0. The molecule has 1 aliphatic rings. The zero-order chi connectivity index (χ0) is 16.8. The summed E-state index contributed by atoms with van der Waals surface area (Å²) in [5.41, 5.74) is 2.66. The van der Waals surface area contributed by atoms with Crippen LogP contribution in [0.3, 0.4) is 0 Å². The van der Waals surface area contributed by atoms with Crippen molar-refractivity contribution in [1.29, 1.82) is 0 Å². The third kappa shape index (κ3) is 2.83. The van der Waals surface area contributed by atoms with Crippen LogP contribution in [0.2, 0.25) is 0 Å². The average Bonchev–Trinajstić information content (AvgIpc) is 3.03. The summed E-state index contributed by atoms with van der Waals surface area (Å²) >= 11 is 0. The number of amides is 1. The van der Waals surface area contributed by atoms with E-state index in [-0.39, 0.29) is 23.5 Å². The van der Waals surface area contributed by atoms with E-state index in [0.717, 1.165) is 11.4 Å². The minimum absolute atomic E-state index is 0.0390. The summed E-state index contributed by atoms with van der Waals surface area (Å²) in [6.45, 7) is 6.10. The molecule has 1 amide bonds. The van der Waals surface area contributed by atoms with Crippen LogP contribution in [0.25, 0.3) is 5.65 Å². The lowest BCUT2D eigenvalue weighted by Crippen LogP contribution is -2.41. The molecule has 8 heteroatoms. The highest BCUT2D eigenvalue weighted by atomic mass is 32.2. The molecule has 1 atom stereocenters. The maximum Gasteiger partial charge on any atom is 0.259 e. The monoisotopic (exact) mass is 336 g/mol. The summed E-state index contributed by atoms with van der Waals surface area (Å²) in [5.74, 6) is -0.0219. The van der Waals surface area contributed by atoms with Crippen LogP contribution in [0.4, 0.5) is 0 Å². The van der Waals surface area contributed by atoms with Gasteiger partial charge in [-0.05, 0) is 33.3 Å². The van der Waals surface area contributed by atoms with Gasteiger partial charge >= 0.3 is 0 Å². The molecule has 1 saturated heterocycles. The number of hydrogen-bond acceptors (Lipinski definition) is 5. The molecule has 1 unspecified atom stereocenters. The van der Waals surface area contributed by atoms with Crippen LogP contribution >= 0.6 is 0 Å². The Morgan fingerprint density at radius 3 is 2.78 bits per heavy atom. The maximum absolute atomic E-state index is 12.9. The van der Waals surface area contributed by atoms with Crippen molar-refractivity contribution in [1.82, 2.24) is 19.5 Å². The third-order valence-corrected chi connectivity index (χ3v) is 6.01. The zero-order valence-corrected chi connectivity index (χ0v) is 14.3. The minimum atomic E-state index is -3.04. The van der Waals surface area contributed by atoms with Crippen LogP contribution in [0, 0.1) is 13.8 Å². The van der Waals surface area contributed by atoms with Crippen LogP contribution in [0.5, 0.6) is 0 Å². The number of nitrogens with zero attached hydrogens (tertiary/aromatic N) is 4. The Kier molecular flexibility index (Phi) is 3.87. The fourth-order valence-corrected chi connectivity index (χ4v) is 4.90. The molecule has 124 valence electrons. The number of carbonyl (C=O) groups excluding carboxylic acids is 1. The number of fused-ring (bicyclic) bond motifs is 1. The van der Waals surface area contributed by atoms with Gasteiger partial charge in [0, 0.05) is 24.0 Å². The molecule has 7 nitrogen and oxygen atoms in total. The second-order valence-electron chi connectivity index (χ2n) is 5.98. The molecule has 0 N–H and O–H groups in total. The van der Waals surface area contributed by atoms with Crippen LogP contribution in [-0.2, 0) is 9.84 Å². The molecular formula is C15H20N4O3S. The summed E-state index contributed by atoms with van der Waals surface area (Å²) in [6.07, 6.45) is 2.01. The lowest BCUT2D eigenvalue weighted by atomic mass is 10.2. The molecule has 0 spiro atoms. The molecule has 2 aromatic rings. The molecule has 0 radical (unpaired) electrons. The molecule has 1 fully saturated rings. The zero-order valence-electron chi connectivity index (χ0n) is 13.5. The van der Waals surface area contributed by atoms with Gasteiger partial charge in [0.05, 0.1) is 17.7 Å². The van der Waals surface area contributed by atoms with Gasteiger partial charge in [0.25, 0.3) is 5.91 Å². The van der Waals surface area contributed by atoms with E-state index in [1.54, 1.807) is 9.42 Å². The van der Waals surface area contributed by atoms with Gasteiger partial charge in [0.1, 0.15) is 5.56 Å². The predicted molar refractivity (Wildman–Crippen MR) is 86.2 cm³/mol. The summed E-state index contributed by atoms with van der Waals surface area (Å²) in [5, 5.41) is 4.24. The largest absolute Gasteiger partial charge is 0.335 e. The van der Waals surface area contributed by atoms with Gasteiger partial charge in [-0.15, -0.1) is 0 Å². The molecule has 3 rings (SSSR count). The highest BCUT2D eigenvalue weighted by molar-refractivity contribution is 7.91. The second kappa shape index (κ2) is 5.59. The maximum atomic E-state index is 12.9. The van der Waals surface area contributed by atoms with Gasteiger partial charge < -0.3 is 4.90 Å². The van der Waals surface area contributed by atoms with E-state index < -0.39 is 9.84 Å². The highest BCUT2D eigenvalue weighted by Gasteiger charge is 2.35. The van der Waals surface area contributed by atoms with E-state index in [0.29, 0.717) is 24.2 Å². The Bertz CT molecular complexity index is 872. The highest BCUT2D eigenvalue weighted by Crippen LogP contribution is 2.21. The third-order valence-electron chi connectivity index (χ3n) is 4.26. The molecular weight excluding hydrogens is 316 g/mol. The van der Waals surface area contributed by atoms with Crippen LogP contribution in [-0.4, -0.2) is 57.9 Å². The molecule has 0 aliphatic carbocycles. The lowest BCUT2D eigenvalue weighted by molar-refractivity contribution is 0.0710. The summed E-state index contributed by atoms with van der Waals surface area (Å²) in [6, 6.07) is 1.63. The van der Waals surface area contributed by atoms with E-state index >= 15 is 0 Å². The Balaban J connectivity index is 1.99. The van der Waals surface area contributed by atoms with E-state index in [4.69, 9.17) is 0 Å². The smallest absolute Gasteiger partial charge is 0.259 e. The lowest BCUT2D eigenvalue weighted by Gasteiger charge is -2.26. The van der Waals surface area contributed by atoms with E-state index in [2.05, 4.69) is 10.1 Å². The first-order valence-corrected chi connectivity index (χ1v) is 9.48. The fraction of sp³-hybridized carbons (Fsp3) is 0.533. The van der Waals surface area contributed by atoms with Gasteiger partial charge in [-0.25, -0.2) is 17.9 Å². The van der Waals surface area contributed by atoms with Crippen molar-refractivity contribution in [2.75, 3.05) is 18.1 Å². The first kappa shape index (κ1) is 15.9. The van der Waals surface area contributed by atoms with E-state index in [1.807, 2.05) is 26.8 Å². The quantitative estimate of drug-likeness (QED) is 0.835. The molecule has 0 aromatic carbocycles. The van der Waals surface area contributed by atoms with Crippen molar-refractivity contribution in [3.63, 3.8) is 0 Å². The molecule has 0 saturated carbocycles. The van der Waals surface area contributed by atoms with Gasteiger partial charge in [0.2, 0.25) is 0 Å². The summed E-state index contributed by atoms with van der Waals surface area (Å²) in [7, 11) is -3.04. The number of rotatable bonds is 3. The standard InChI is InChI=1S/C15H20N4O3S/c1-4-18(12-5-6-23(21,22)9-12)15(20)13-8-16-19-11(3)7-10(2)17-14(13)19/h7-8,12H,4-6,9H2,1-3H3. The predicted octanol–water partition coefficient (Wildman–Crippen LogP) is 0.995. The summed E-state index contributed by atoms with van der Waals surface area (Å²) in [4.78, 5) is 19.0. The Morgan fingerprint density at radius 1 is 1.43 bits per heavy atom. The van der Waals surface area contributed by atoms with Crippen molar-refractivity contribution in [3.05, 3.63) is 29.2 Å². The fourth-order valence-electron chi connectivity index (χ4n) is 3.16. The van der Waals surface area contributed by atoms with Crippen molar-refractivity contribution >= 4 is 21.4 Å². The number of hydrogen-bond donors (Lipinski definition) is 0. The Hall–Kier alpha value is -1.96. The summed E-state index contributed by atoms with van der Waals surface area (Å²) < 4.78 is 25.0. The Labute approximate surface area is 135 Å². The molecule has 0 bridgehead atoms. The van der Waals surface area contributed by atoms with Gasteiger partial charge in [0.15, 0.2) is 15.5 Å². The van der Waals surface area contributed by atoms with Crippen molar-refractivity contribution in [3.8, 4) is 0 Å². The first-order valence-electron chi connectivity index (χ1n) is 7.66. The van der Waals surface area contributed by atoms with Crippen molar-refractivity contribution < 1.29 is 13.2 Å². The number of aromatic nitrogens is 3. The van der Waals surface area contributed by atoms with Gasteiger partial charge in [-0.3, -0.25) is 4.79 Å². The van der Waals surface area contributed by atoms with E-state index in [1.165, 1.54) is 6.20 Å². The van der Waals surface area contributed by atoms with E-state index in [9.17, 15) is 13.2 Å². The van der Waals surface area contributed by atoms with Gasteiger partial charge in [-0.1, -0.05) is 0 Å². The van der Waals surface area contributed by atoms with Gasteiger partial charge in [-0.2, -0.15) is 5.10 Å². The number of carbonyl (C=O) groups is 1. The van der Waals surface area contributed by atoms with Crippen LogP contribution < -0.4 is 0 Å². The second-order valence-corrected chi connectivity index (χ2v) is 8.21. The minimum Gasteiger partial charge on any atom is -0.335 e.